The van der Waals surface area contributed by atoms with Gasteiger partial charge in [-0.1, -0.05) is 19.9 Å². The lowest BCUT2D eigenvalue weighted by Gasteiger charge is -2.44. The molecule has 4 heterocycles. The zero-order valence-electron chi connectivity index (χ0n) is 25.6. The van der Waals surface area contributed by atoms with E-state index >= 15 is 0 Å². The van der Waals surface area contributed by atoms with Gasteiger partial charge in [0.2, 0.25) is 0 Å². The monoisotopic (exact) mass is 595 g/mol. The van der Waals surface area contributed by atoms with E-state index in [1.165, 1.54) is 0 Å². The number of aromatic carboxylic acids is 1. The summed E-state index contributed by atoms with van der Waals surface area (Å²) in [5.41, 5.74) is 3.33. The zero-order valence-corrected chi connectivity index (χ0v) is 25.6. The predicted octanol–water partition coefficient (Wildman–Crippen LogP) is 6.72. The summed E-state index contributed by atoms with van der Waals surface area (Å²) in [6, 6.07) is 13.3. The fourth-order valence-electron chi connectivity index (χ4n) is 6.35. The molecule has 2 aliphatic heterocycles. The SMILES string of the molecule is CC.COc1cc(C(=O)N2CCC3(CC2)CC(=O)c2cc(-c4cnc(C)c(C(=O)O)c4)ccc2O3)cc2c1ccn2C1CC1. The van der Waals surface area contributed by atoms with Crippen molar-refractivity contribution in [2.75, 3.05) is 20.2 Å². The highest BCUT2D eigenvalue weighted by atomic mass is 16.5. The topological polar surface area (TPSA) is 111 Å². The van der Waals surface area contributed by atoms with E-state index in [2.05, 4.69) is 21.8 Å². The van der Waals surface area contributed by atoms with Gasteiger partial charge in [-0.05, 0) is 61.7 Å². The highest BCUT2D eigenvalue weighted by Gasteiger charge is 2.44. The van der Waals surface area contributed by atoms with Crippen LogP contribution >= 0.6 is 0 Å². The lowest BCUT2D eigenvalue weighted by Crippen LogP contribution is -2.52. The lowest BCUT2D eigenvalue weighted by atomic mass is 9.82. The van der Waals surface area contributed by atoms with Gasteiger partial charge in [-0.15, -0.1) is 0 Å². The first-order chi connectivity index (χ1) is 21.2. The van der Waals surface area contributed by atoms with Crippen LogP contribution in [-0.2, 0) is 0 Å². The highest BCUT2D eigenvalue weighted by molar-refractivity contribution is 6.02. The molecule has 1 spiro atoms. The minimum absolute atomic E-state index is 0.0209. The van der Waals surface area contributed by atoms with Crippen molar-refractivity contribution in [1.29, 1.82) is 0 Å². The molecule has 7 rings (SSSR count). The van der Waals surface area contributed by atoms with Crippen molar-refractivity contribution in [2.45, 2.75) is 64.5 Å². The number of carbonyl (C=O) groups excluding carboxylic acids is 2. The number of pyridine rings is 1. The number of amides is 1. The molecule has 2 fully saturated rings. The van der Waals surface area contributed by atoms with Crippen LogP contribution in [0.2, 0.25) is 0 Å². The van der Waals surface area contributed by atoms with E-state index in [9.17, 15) is 19.5 Å². The van der Waals surface area contributed by atoms with Crippen molar-refractivity contribution in [1.82, 2.24) is 14.5 Å². The van der Waals surface area contributed by atoms with E-state index in [0.717, 1.165) is 23.7 Å². The molecule has 0 atom stereocenters. The number of ketones is 1. The lowest BCUT2D eigenvalue weighted by molar-refractivity contribution is -0.00572. The molecule has 1 amide bonds. The second-order valence-electron chi connectivity index (χ2n) is 11.6. The second-order valence-corrected chi connectivity index (χ2v) is 11.6. The maximum atomic E-state index is 13.6. The van der Waals surface area contributed by atoms with Crippen molar-refractivity contribution >= 4 is 28.6 Å². The highest BCUT2D eigenvalue weighted by Crippen LogP contribution is 2.42. The van der Waals surface area contributed by atoms with E-state index in [1.807, 2.05) is 36.9 Å². The van der Waals surface area contributed by atoms with Crippen molar-refractivity contribution in [3.05, 3.63) is 77.2 Å². The summed E-state index contributed by atoms with van der Waals surface area (Å²) < 4.78 is 14.4. The van der Waals surface area contributed by atoms with Crippen molar-refractivity contribution < 1.29 is 29.0 Å². The number of Topliss-reactive ketones (excluding diaryl/α,β-unsaturated/α-hetero) is 1. The minimum atomic E-state index is -1.04. The van der Waals surface area contributed by atoms with E-state index < -0.39 is 11.6 Å². The summed E-state index contributed by atoms with van der Waals surface area (Å²) in [6.45, 7) is 6.62. The van der Waals surface area contributed by atoms with Crippen LogP contribution in [0.25, 0.3) is 22.0 Å². The van der Waals surface area contributed by atoms with Crippen LogP contribution in [0, 0.1) is 6.92 Å². The Labute approximate surface area is 256 Å². The van der Waals surface area contributed by atoms with Crippen LogP contribution in [0.15, 0.2) is 54.9 Å². The summed E-state index contributed by atoms with van der Waals surface area (Å²) >= 11 is 0. The standard InChI is InChI=1S/C33H31N3O6.C2H6/c1-19-25(32(39)40)14-22(18-34-19)20-3-6-29-26(13-20)28(37)17-33(42-29)8-11-35(12-9-33)31(38)21-15-27-24(30(16-21)41-2)7-10-36(27)23-4-5-23;1-2/h3,6-7,10,13-16,18,23H,4-5,8-9,11-12,17H2,1-2H3,(H,39,40);1-2H3. The third-order valence-corrected chi connectivity index (χ3v) is 8.91. The molecule has 228 valence electrons. The third kappa shape index (κ3) is 5.20. The summed E-state index contributed by atoms with van der Waals surface area (Å²) in [5, 5.41) is 10.5. The molecule has 1 N–H and O–H groups in total. The van der Waals surface area contributed by atoms with Crippen LogP contribution in [-0.4, -0.2) is 63.0 Å². The molecule has 2 aromatic carbocycles. The van der Waals surface area contributed by atoms with Crippen LogP contribution < -0.4 is 9.47 Å². The smallest absolute Gasteiger partial charge is 0.337 e. The van der Waals surface area contributed by atoms with E-state index in [4.69, 9.17) is 9.47 Å². The van der Waals surface area contributed by atoms with Crippen molar-refractivity contribution in [3.63, 3.8) is 0 Å². The van der Waals surface area contributed by atoms with Gasteiger partial charge < -0.3 is 24.0 Å². The second kappa shape index (κ2) is 11.4. The number of carboxylic acid groups (broad SMARTS) is 1. The number of carbonyl (C=O) groups is 3. The van der Waals surface area contributed by atoms with Crippen LogP contribution in [0.5, 0.6) is 11.5 Å². The van der Waals surface area contributed by atoms with Gasteiger partial charge in [-0.3, -0.25) is 14.6 Å². The number of rotatable bonds is 5. The van der Waals surface area contributed by atoms with E-state index in [1.54, 1.807) is 38.4 Å². The Bertz CT molecular complexity index is 1780. The molecule has 0 unspecified atom stereocenters. The van der Waals surface area contributed by atoms with Gasteiger partial charge in [-0.25, -0.2) is 4.79 Å². The zero-order chi connectivity index (χ0) is 31.2. The Morgan fingerprint density at radius 1 is 1.05 bits per heavy atom. The number of hydrogen-bond acceptors (Lipinski definition) is 6. The number of carboxylic acids is 1. The average Bonchev–Trinajstić information content (AvgIpc) is 3.79. The number of aromatic nitrogens is 2. The molecular weight excluding hydrogens is 558 g/mol. The quantitative estimate of drug-likeness (QED) is 0.273. The van der Waals surface area contributed by atoms with Gasteiger partial charge >= 0.3 is 5.97 Å². The van der Waals surface area contributed by atoms with Gasteiger partial charge in [0.25, 0.3) is 5.91 Å². The maximum absolute atomic E-state index is 13.6. The Hall–Kier alpha value is -4.66. The Morgan fingerprint density at radius 3 is 2.48 bits per heavy atom. The normalized spacial score (nSPS) is 17.0. The van der Waals surface area contributed by atoms with Gasteiger partial charge in [0.05, 0.1) is 35.9 Å². The molecule has 3 aliphatic rings. The van der Waals surface area contributed by atoms with Crippen LogP contribution in [0.4, 0.5) is 0 Å². The summed E-state index contributed by atoms with van der Waals surface area (Å²) in [4.78, 5) is 44.6. The molecule has 1 aliphatic carbocycles. The number of methoxy groups -OCH3 is 1. The molecule has 44 heavy (non-hydrogen) atoms. The van der Waals surface area contributed by atoms with Crippen LogP contribution in [0.3, 0.4) is 0 Å². The summed E-state index contributed by atoms with van der Waals surface area (Å²) in [7, 11) is 1.63. The third-order valence-electron chi connectivity index (χ3n) is 8.91. The van der Waals surface area contributed by atoms with Gasteiger partial charge in [0.1, 0.15) is 17.1 Å². The first-order valence-corrected chi connectivity index (χ1v) is 15.3. The fourth-order valence-corrected chi connectivity index (χ4v) is 6.35. The number of nitrogens with zero attached hydrogens (tertiary/aromatic N) is 3. The largest absolute Gasteiger partial charge is 0.496 e. The summed E-state index contributed by atoms with van der Waals surface area (Å²) in [6.07, 6.45) is 7.32. The van der Waals surface area contributed by atoms with E-state index in [0.29, 0.717) is 71.4 Å². The molecule has 1 saturated heterocycles. The number of likely N-dealkylation sites (tertiary alicyclic amines) is 1. The van der Waals surface area contributed by atoms with Crippen molar-refractivity contribution in [3.8, 4) is 22.6 Å². The van der Waals surface area contributed by atoms with E-state index in [-0.39, 0.29) is 23.7 Å². The molecule has 4 aromatic rings. The first-order valence-electron chi connectivity index (χ1n) is 15.3. The molecule has 9 heteroatoms. The number of aryl methyl sites for hydroxylation is 1. The Morgan fingerprint density at radius 2 is 1.80 bits per heavy atom. The molecule has 9 nitrogen and oxygen atoms in total. The first kappa shape index (κ1) is 29.4. The number of fused-ring (bicyclic) bond motifs is 2. The van der Waals surface area contributed by atoms with Gasteiger partial charge in [0, 0.05) is 60.9 Å². The molecule has 0 bridgehead atoms. The molecule has 2 aromatic heterocycles. The number of ether oxygens (including phenoxy) is 2. The average molecular weight is 596 g/mol. The maximum Gasteiger partial charge on any atom is 0.337 e. The van der Waals surface area contributed by atoms with Gasteiger partial charge in [-0.2, -0.15) is 0 Å². The fraction of sp³-hybridized carbons (Fsp3) is 0.371. The Kier molecular flexibility index (Phi) is 7.65. The Balaban J connectivity index is 0.00000168. The minimum Gasteiger partial charge on any atom is -0.496 e. The number of benzene rings is 2. The molecule has 0 radical (unpaired) electrons. The molecule has 1 saturated carbocycles. The number of hydrogen-bond donors (Lipinski definition) is 1. The number of piperidine rings is 1. The molecular formula is C35H37N3O6. The predicted molar refractivity (Wildman–Crippen MR) is 167 cm³/mol. The van der Waals surface area contributed by atoms with Crippen LogP contribution in [0.1, 0.15) is 88.8 Å². The summed E-state index contributed by atoms with van der Waals surface area (Å²) in [5.74, 6) is 0.102. The van der Waals surface area contributed by atoms with Gasteiger partial charge in [0.15, 0.2) is 5.78 Å². The van der Waals surface area contributed by atoms with Crippen molar-refractivity contribution in [2.24, 2.45) is 0 Å².